The fourth-order valence-electron chi connectivity index (χ4n) is 5.84. The molecule has 1 aromatic heterocycles. The largest absolute Gasteiger partial charge is 0.497 e. The van der Waals surface area contributed by atoms with Crippen LogP contribution in [0.5, 0.6) is 5.75 Å². The van der Waals surface area contributed by atoms with Crippen molar-refractivity contribution in [2.45, 2.75) is 24.7 Å². The van der Waals surface area contributed by atoms with E-state index < -0.39 is 17.6 Å². The maximum absolute atomic E-state index is 13.8. The number of benzene rings is 2. The number of amides is 1. The molecule has 5 rings (SSSR count). The summed E-state index contributed by atoms with van der Waals surface area (Å²) in [6.45, 7) is 6.25. The van der Waals surface area contributed by atoms with E-state index in [1.165, 1.54) is 13.2 Å². The molecule has 41 heavy (non-hydrogen) atoms. The molecule has 1 amide bonds. The van der Waals surface area contributed by atoms with Gasteiger partial charge in [0.1, 0.15) is 5.75 Å². The average molecular weight is 575 g/mol. The molecule has 0 unspecified atom stereocenters. The van der Waals surface area contributed by atoms with Crippen molar-refractivity contribution in [1.29, 1.82) is 0 Å². The minimum Gasteiger partial charge on any atom is -0.497 e. The van der Waals surface area contributed by atoms with Crippen LogP contribution in [-0.4, -0.2) is 111 Å². The second-order valence-electron chi connectivity index (χ2n) is 10.7. The topological polar surface area (TPSA) is 70.3 Å². The first-order chi connectivity index (χ1) is 19.7. The fraction of sp³-hybridized carbons (Fsp3) is 0.500. The molecule has 2 aliphatic heterocycles. The Kier molecular flexibility index (Phi) is 9.18. The highest BCUT2D eigenvalue weighted by atomic mass is 19.4. The van der Waals surface area contributed by atoms with Crippen molar-refractivity contribution >= 4 is 16.8 Å². The van der Waals surface area contributed by atoms with Crippen molar-refractivity contribution < 1.29 is 32.2 Å². The number of morpholine rings is 1. The van der Waals surface area contributed by atoms with Crippen LogP contribution >= 0.6 is 0 Å². The van der Waals surface area contributed by atoms with Crippen molar-refractivity contribution in [2.75, 3.05) is 73.2 Å². The summed E-state index contributed by atoms with van der Waals surface area (Å²) in [7, 11) is 2.97. The molecule has 1 N–H and O–H groups in total. The highest BCUT2D eigenvalue weighted by molar-refractivity contribution is 5.95. The molecule has 0 radical (unpaired) electrons. The van der Waals surface area contributed by atoms with Crippen LogP contribution in [0.3, 0.4) is 0 Å². The molecular formula is C30H37F3N4O4. The molecular weight excluding hydrogens is 537 g/mol. The molecule has 222 valence electrons. The first kappa shape index (κ1) is 29.4. The number of piperazine rings is 1. The molecule has 3 aromatic rings. The number of ether oxygens (including phenoxy) is 3. The van der Waals surface area contributed by atoms with Gasteiger partial charge in [0.25, 0.3) is 5.91 Å². The van der Waals surface area contributed by atoms with Gasteiger partial charge in [0, 0.05) is 81.6 Å². The molecule has 8 nitrogen and oxygen atoms in total. The second-order valence-corrected chi connectivity index (χ2v) is 10.7. The van der Waals surface area contributed by atoms with Crippen molar-refractivity contribution in [3.63, 3.8) is 0 Å². The third-order valence-electron chi connectivity index (χ3n) is 7.98. The van der Waals surface area contributed by atoms with E-state index >= 15 is 0 Å². The zero-order valence-corrected chi connectivity index (χ0v) is 23.5. The number of rotatable bonds is 9. The van der Waals surface area contributed by atoms with Gasteiger partial charge in [0.15, 0.2) is 0 Å². The highest BCUT2D eigenvalue weighted by Crippen LogP contribution is 2.33. The third-order valence-corrected chi connectivity index (χ3v) is 7.98. The second kappa shape index (κ2) is 12.8. The van der Waals surface area contributed by atoms with Crippen LogP contribution in [0.2, 0.25) is 0 Å². The van der Waals surface area contributed by atoms with E-state index in [1.54, 1.807) is 12.0 Å². The van der Waals surface area contributed by atoms with Crippen LogP contribution in [0.15, 0.2) is 48.7 Å². The zero-order valence-electron chi connectivity index (χ0n) is 23.5. The molecule has 2 aliphatic rings. The van der Waals surface area contributed by atoms with Crippen molar-refractivity contribution in [1.82, 2.24) is 19.7 Å². The summed E-state index contributed by atoms with van der Waals surface area (Å²) in [6, 6.07) is 11.0. The van der Waals surface area contributed by atoms with Crippen molar-refractivity contribution in [3.8, 4) is 5.75 Å². The maximum atomic E-state index is 13.8. The normalized spacial score (nSPS) is 21.0. The van der Waals surface area contributed by atoms with E-state index in [2.05, 4.69) is 14.8 Å². The number of H-pyrrole nitrogens is 1. The van der Waals surface area contributed by atoms with Crippen molar-refractivity contribution in [2.24, 2.45) is 0 Å². The Morgan fingerprint density at radius 1 is 1.05 bits per heavy atom. The number of para-hydroxylation sites is 1. The van der Waals surface area contributed by atoms with Crippen LogP contribution in [0.1, 0.15) is 21.5 Å². The number of carbonyl (C=O) groups is 1. The van der Waals surface area contributed by atoms with Crippen molar-refractivity contribution in [3.05, 3.63) is 65.4 Å². The average Bonchev–Trinajstić information content (AvgIpc) is 3.38. The summed E-state index contributed by atoms with van der Waals surface area (Å²) in [6.07, 6.45) is -1.99. The van der Waals surface area contributed by atoms with Crippen LogP contribution in [0.4, 0.5) is 13.2 Å². The lowest BCUT2D eigenvalue weighted by molar-refractivity contribution is -0.137. The maximum Gasteiger partial charge on any atom is 0.416 e. The van der Waals surface area contributed by atoms with Crippen LogP contribution in [0, 0.1) is 0 Å². The number of nitrogens with one attached hydrogen (secondary N) is 1. The van der Waals surface area contributed by atoms with E-state index in [0.717, 1.165) is 54.8 Å². The predicted octanol–water partition coefficient (Wildman–Crippen LogP) is 3.91. The Morgan fingerprint density at radius 3 is 2.59 bits per heavy atom. The molecule has 0 bridgehead atoms. The number of aromatic amines is 1. The lowest BCUT2D eigenvalue weighted by atomic mass is 9.99. The number of halogens is 3. The highest BCUT2D eigenvalue weighted by Gasteiger charge is 2.35. The summed E-state index contributed by atoms with van der Waals surface area (Å²) in [5.41, 5.74) is 1.16. The minimum absolute atomic E-state index is 0.00674. The Labute approximate surface area is 237 Å². The number of methoxy groups -OCH3 is 2. The van der Waals surface area contributed by atoms with Gasteiger partial charge in [-0.3, -0.25) is 14.6 Å². The number of hydrogen-bond donors (Lipinski definition) is 1. The predicted molar refractivity (Wildman–Crippen MR) is 149 cm³/mol. The standard InChI is InChI=1S/C30H37F3N4O4/c1-39-20-26-19-36(11-12-41-26)8-7-35-9-10-37(24(18-35)14-22-17-34-28-6-4-3-5-27(22)28)29(38)21-13-23(30(31,32)33)16-25(15-21)40-2/h3-6,13,15-17,24,26,34H,7-12,14,18-20H2,1-2H3/t24-,26-/m1/s1. The minimum atomic E-state index is -4.59. The Bertz CT molecular complexity index is 1330. The van der Waals surface area contributed by atoms with E-state index in [9.17, 15) is 18.0 Å². The molecule has 2 aromatic carbocycles. The number of hydrogen-bond acceptors (Lipinski definition) is 6. The van der Waals surface area contributed by atoms with Gasteiger partial charge in [-0.2, -0.15) is 13.2 Å². The molecule has 0 saturated carbocycles. The summed E-state index contributed by atoms with van der Waals surface area (Å²) < 4.78 is 57.0. The molecule has 0 aliphatic carbocycles. The molecule has 2 atom stereocenters. The van der Waals surface area contributed by atoms with Gasteiger partial charge in [0.2, 0.25) is 0 Å². The number of nitrogens with zero attached hydrogens (tertiary/aromatic N) is 3. The van der Waals surface area contributed by atoms with E-state index in [0.29, 0.717) is 39.3 Å². The van der Waals surface area contributed by atoms with Gasteiger partial charge >= 0.3 is 6.18 Å². The van der Waals surface area contributed by atoms with Crippen LogP contribution in [-0.2, 0) is 22.1 Å². The summed E-state index contributed by atoms with van der Waals surface area (Å²) in [5.74, 6) is -0.415. The number of carbonyl (C=O) groups excluding carboxylic acids is 1. The number of aromatic nitrogens is 1. The van der Waals surface area contributed by atoms with Gasteiger partial charge in [-0.05, 0) is 36.2 Å². The van der Waals surface area contributed by atoms with Gasteiger partial charge in [-0.1, -0.05) is 18.2 Å². The Morgan fingerprint density at radius 2 is 1.83 bits per heavy atom. The van der Waals surface area contributed by atoms with E-state index in [4.69, 9.17) is 14.2 Å². The molecule has 2 fully saturated rings. The summed E-state index contributed by atoms with van der Waals surface area (Å²) in [5, 5.41) is 1.08. The lowest BCUT2D eigenvalue weighted by Gasteiger charge is -2.42. The fourth-order valence-corrected chi connectivity index (χ4v) is 5.84. The Balaban J connectivity index is 1.35. The summed E-state index contributed by atoms with van der Waals surface area (Å²) in [4.78, 5) is 23.5. The van der Waals surface area contributed by atoms with Gasteiger partial charge in [-0.25, -0.2) is 0 Å². The zero-order chi connectivity index (χ0) is 29.0. The Hall–Kier alpha value is -3.12. The molecule has 3 heterocycles. The number of alkyl halides is 3. The SMILES string of the molecule is COC[C@H]1CN(CCN2CCN(C(=O)c3cc(OC)cc(C(F)(F)F)c3)[C@H](Cc3c[nH]c4ccccc34)C2)CCO1. The molecule has 2 saturated heterocycles. The van der Waals surface area contributed by atoms with E-state index in [1.807, 2.05) is 30.5 Å². The first-order valence-electron chi connectivity index (χ1n) is 13.9. The van der Waals surface area contributed by atoms with E-state index in [-0.39, 0.29) is 23.5 Å². The van der Waals surface area contributed by atoms with Gasteiger partial charge < -0.3 is 24.1 Å². The smallest absolute Gasteiger partial charge is 0.416 e. The summed E-state index contributed by atoms with van der Waals surface area (Å²) >= 11 is 0. The molecule has 0 spiro atoms. The van der Waals surface area contributed by atoms with Crippen LogP contribution in [0.25, 0.3) is 10.9 Å². The van der Waals surface area contributed by atoms with Crippen LogP contribution < -0.4 is 4.74 Å². The number of fused-ring (bicyclic) bond motifs is 1. The monoisotopic (exact) mass is 574 g/mol. The lowest BCUT2D eigenvalue weighted by Crippen LogP contribution is -2.57. The molecule has 11 heteroatoms. The van der Waals surface area contributed by atoms with Gasteiger partial charge in [0.05, 0.1) is 32.0 Å². The third kappa shape index (κ3) is 7.03. The van der Waals surface area contributed by atoms with Gasteiger partial charge in [-0.15, -0.1) is 0 Å². The first-order valence-corrected chi connectivity index (χ1v) is 13.9. The quantitative estimate of drug-likeness (QED) is 0.418.